The highest BCUT2D eigenvalue weighted by Gasteiger charge is 2.51. The Hall–Kier alpha value is -3.96. The van der Waals surface area contributed by atoms with Gasteiger partial charge in [0, 0.05) is 38.3 Å². The number of benzene rings is 1. The van der Waals surface area contributed by atoms with Gasteiger partial charge in [0.25, 0.3) is 5.91 Å². The van der Waals surface area contributed by atoms with Crippen LogP contribution in [0.4, 0.5) is 29.3 Å². The maximum absolute atomic E-state index is 13.7. The van der Waals surface area contributed by atoms with Crippen LogP contribution in [0.1, 0.15) is 58.2 Å². The number of aryl methyl sites for hydroxylation is 1. The van der Waals surface area contributed by atoms with E-state index in [-0.39, 0.29) is 16.9 Å². The van der Waals surface area contributed by atoms with E-state index in [1.54, 1.807) is 29.7 Å². The summed E-state index contributed by atoms with van der Waals surface area (Å²) in [5, 5.41) is 9.16. The van der Waals surface area contributed by atoms with Crippen molar-refractivity contribution in [3.63, 3.8) is 0 Å². The first-order valence-corrected chi connectivity index (χ1v) is 15.0. The van der Waals surface area contributed by atoms with E-state index in [2.05, 4.69) is 9.88 Å². The van der Waals surface area contributed by atoms with E-state index in [1.807, 2.05) is 33.8 Å². The number of carbonyl (C=O) groups excluding carboxylic acids is 2. The van der Waals surface area contributed by atoms with E-state index in [0.29, 0.717) is 57.3 Å². The van der Waals surface area contributed by atoms with Crippen LogP contribution in [0.5, 0.6) is 5.88 Å². The summed E-state index contributed by atoms with van der Waals surface area (Å²) in [7, 11) is 0. The number of aromatic nitrogens is 1. The van der Waals surface area contributed by atoms with Gasteiger partial charge in [-0.2, -0.15) is 18.4 Å². The molecule has 2 saturated heterocycles. The predicted octanol–water partition coefficient (Wildman–Crippen LogP) is 5.38. The standard InChI is InChI=1S/C31H37F3N6O4S/c1-7-20-16-23(19-36-25(20)43-15-14-37-10-12-38(13-11-37)28(42)44-29(2,3)4)40-27(45)39(26(41)30(40,5)6)22-9-8-21(18-35)24(17-22)31(32,33)34/h8-9,16-17,19H,7,10-15H2,1-6H3. The summed E-state index contributed by atoms with van der Waals surface area (Å²) in [6, 6.07) is 6.45. The lowest BCUT2D eigenvalue weighted by Crippen LogP contribution is -2.50. The molecular formula is C31H37F3N6O4S. The number of pyridine rings is 1. The molecule has 10 nitrogen and oxygen atoms in total. The third-order valence-electron chi connectivity index (χ3n) is 7.58. The maximum atomic E-state index is 13.7. The molecule has 0 unspecified atom stereocenters. The molecule has 242 valence electrons. The molecule has 2 aliphatic heterocycles. The first-order chi connectivity index (χ1) is 21.0. The van der Waals surface area contributed by atoms with Crippen molar-refractivity contribution in [1.29, 1.82) is 5.26 Å². The third kappa shape index (κ3) is 7.31. The molecule has 0 N–H and O–H groups in total. The number of anilines is 2. The van der Waals surface area contributed by atoms with Crippen LogP contribution in [0.2, 0.25) is 0 Å². The van der Waals surface area contributed by atoms with Crippen LogP contribution in [-0.2, 0) is 22.1 Å². The van der Waals surface area contributed by atoms with Crippen molar-refractivity contribution >= 4 is 40.7 Å². The van der Waals surface area contributed by atoms with Crippen molar-refractivity contribution in [2.75, 3.05) is 49.1 Å². The van der Waals surface area contributed by atoms with E-state index in [4.69, 9.17) is 27.0 Å². The van der Waals surface area contributed by atoms with Gasteiger partial charge in [-0.05, 0) is 77.5 Å². The molecule has 3 heterocycles. The van der Waals surface area contributed by atoms with Gasteiger partial charge in [-0.25, -0.2) is 9.78 Å². The normalized spacial score (nSPS) is 17.5. The smallest absolute Gasteiger partial charge is 0.417 e. The first-order valence-electron chi connectivity index (χ1n) is 14.6. The van der Waals surface area contributed by atoms with Crippen molar-refractivity contribution in [3.05, 3.63) is 47.2 Å². The first kappa shape index (κ1) is 33.9. The van der Waals surface area contributed by atoms with Crippen LogP contribution in [0, 0.1) is 11.3 Å². The topological polar surface area (TPSA) is 102 Å². The average molecular weight is 647 g/mol. The molecule has 1 aromatic heterocycles. The zero-order valence-electron chi connectivity index (χ0n) is 26.2. The molecule has 0 spiro atoms. The van der Waals surface area contributed by atoms with Gasteiger partial charge in [0.05, 0.1) is 34.8 Å². The summed E-state index contributed by atoms with van der Waals surface area (Å²) < 4.78 is 52.5. The highest BCUT2D eigenvalue weighted by molar-refractivity contribution is 7.81. The second kappa shape index (κ2) is 12.8. The number of carbonyl (C=O) groups is 2. The second-order valence-corrected chi connectivity index (χ2v) is 12.7. The summed E-state index contributed by atoms with van der Waals surface area (Å²) in [6.45, 7) is 14.2. The van der Waals surface area contributed by atoms with E-state index >= 15 is 0 Å². The fourth-order valence-electron chi connectivity index (χ4n) is 5.20. The van der Waals surface area contributed by atoms with Gasteiger partial charge in [0.1, 0.15) is 17.7 Å². The Labute approximate surface area is 266 Å². The molecule has 0 radical (unpaired) electrons. The maximum Gasteiger partial charge on any atom is 0.417 e. The number of rotatable bonds is 7. The van der Waals surface area contributed by atoms with Crippen LogP contribution < -0.4 is 14.5 Å². The van der Waals surface area contributed by atoms with Crippen LogP contribution >= 0.6 is 12.2 Å². The fourth-order valence-corrected chi connectivity index (χ4v) is 5.72. The van der Waals surface area contributed by atoms with Crippen LogP contribution in [-0.4, -0.2) is 82.4 Å². The number of ether oxygens (including phenoxy) is 2. The highest BCUT2D eigenvalue weighted by Crippen LogP contribution is 2.40. The van der Waals surface area contributed by atoms with Gasteiger partial charge >= 0.3 is 12.3 Å². The van der Waals surface area contributed by atoms with E-state index in [0.717, 1.165) is 22.6 Å². The molecule has 45 heavy (non-hydrogen) atoms. The Balaban J connectivity index is 1.45. The Morgan fingerprint density at radius 2 is 1.78 bits per heavy atom. The van der Waals surface area contributed by atoms with Gasteiger partial charge in [-0.3, -0.25) is 14.6 Å². The molecule has 0 atom stereocenters. The molecule has 0 bridgehead atoms. The quantitative estimate of drug-likeness (QED) is 0.367. The zero-order chi connectivity index (χ0) is 33.3. The van der Waals surface area contributed by atoms with Crippen molar-refractivity contribution in [2.45, 2.75) is 65.3 Å². The Bertz CT molecular complexity index is 1510. The lowest BCUT2D eigenvalue weighted by Gasteiger charge is -2.35. The van der Waals surface area contributed by atoms with E-state index in [1.165, 1.54) is 12.3 Å². The van der Waals surface area contributed by atoms with Gasteiger partial charge in [0.2, 0.25) is 5.88 Å². The molecule has 1 aromatic carbocycles. The van der Waals surface area contributed by atoms with E-state index < -0.39 is 34.4 Å². The van der Waals surface area contributed by atoms with Gasteiger partial charge in [-0.15, -0.1) is 0 Å². The van der Waals surface area contributed by atoms with Crippen LogP contribution in [0.3, 0.4) is 0 Å². The SMILES string of the molecule is CCc1cc(N2C(=S)N(c3ccc(C#N)c(C(F)(F)F)c3)C(=O)C2(C)C)cnc1OCCN1CCN(C(=O)OC(C)(C)C)CC1. The molecule has 2 fully saturated rings. The number of alkyl halides is 3. The Morgan fingerprint density at radius 1 is 1.11 bits per heavy atom. The Kier molecular flexibility index (Phi) is 9.65. The molecule has 4 rings (SSSR count). The van der Waals surface area contributed by atoms with Crippen molar-refractivity contribution in [3.8, 4) is 11.9 Å². The lowest BCUT2D eigenvalue weighted by atomic mass is 10.0. The number of piperazine rings is 1. The van der Waals surface area contributed by atoms with Crippen molar-refractivity contribution < 1.29 is 32.2 Å². The van der Waals surface area contributed by atoms with Crippen LogP contribution in [0.25, 0.3) is 0 Å². The minimum Gasteiger partial charge on any atom is -0.476 e. The number of halogens is 3. The summed E-state index contributed by atoms with van der Waals surface area (Å²) in [5.74, 6) is -0.0860. The number of amides is 2. The summed E-state index contributed by atoms with van der Waals surface area (Å²) in [4.78, 5) is 36.9. The molecule has 14 heteroatoms. The van der Waals surface area contributed by atoms with Gasteiger partial charge in [0.15, 0.2) is 5.11 Å². The summed E-state index contributed by atoms with van der Waals surface area (Å²) in [6.07, 6.45) is -3.01. The number of hydrogen-bond acceptors (Lipinski definition) is 8. The molecule has 2 aromatic rings. The minimum absolute atomic E-state index is 0.00845. The monoisotopic (exact) mass is 646 g/mol. The number of hydrogen-bond donors (Lipinski definition) is 0. The number of nitriles is 1. The van der Waals surface area contributed by atoms with E-state index in [9.17, 15) is 22.8 Å². The minimum atomic E-state index is -4.79. The zero-order valence-corrected chi connectivity index (χ0v) is 27.0. The lowest BCUT2D eigenvalue weighted by molar-refractivity contribution is -0.137. The third-order valence-corrected chi connectivity index (χ3v) is 7.94. The van der Waals surface area contributed by atoms with Crippen molar-refractivity contribution in [2.24, 2.45) is 0 Å². The summed E-state index contributed by atoms with van der Waals surface area (Å²) >= 11 is 5.64. The molecule has 0 aliphatic carbocycles. The molecule has 2 amide bonds. The Morgan fingerprint density at radius 3 is 2.36 bits per heavy atom. The van der Waals surface area contributed by atoms with Gasteiger partial charge < -0.3 is 19.3 Å². The summed E-state index contributed by atoms with van der Waals surface area (Å²) in [5.41, 5.74) is -2.29. The predicted molar refractivity (Wildman–Crippen MR) is 166 cm³/mol. The number of nitrogens with zero attached hydrogens (tertiary/aromatic N) is 6. The molecule has 2 aliphatic rings. The fraction of sp³-hybridized carbons (Fsp3) is 0.516. The number of thiocarbonyl (C=S) groups is 1. The average Bonchev–Trinajstić information content (AvgIpc) is 3.14. The van der Waals surface area contributed by atoms with Crippen molar-refractivity contribution in [1.82, 2.24) is 14.8 Å². The highest BCUT2D eigenvalue weighted by atomic mass is 32.1. The van der Waals surface area contributed by atoms with Gasteiger partial charge in [-0.1, -0.05) is 6.92 Å². The largest absolute Gasteiger partial charge is 0.476 e. The second-order valence-electron chi connectivity index (χ2n) is 12.3. The molecule has 0 saturated carbocycles. The molecular weight excluding hydrogens is 609 g/mol. The van der Waals surface area contributed by atoms with Crippen LogP contribution in [0.15, 0.2) is 30.5 Å².